The minimum atomic E-state index is -0.214. The van der Waals surface area contributed by atoms with Crippen LogP contribution in [0.3, 0.4) is 0 Å². The maximum atomic E-state index is 12.9. The molecule has 0 saturated carbocycles. The van der Waals surface area contributed by atoms with Gasteiger partial charge < -0.3 is 10.2 Å². The third-order valence-electron chi connectivity index (χ3n) is 4.37. The molecule has 2 N–H and O–H groups in total. The molecule has 1 aliphatic heterocycles. The minimum absolute atomic E-state index is 0.0414. The highest BCUT2D eigenvalue weighted by molar-refractivity contribution is 5.75. The van der Waals surface area contributed by atoms with Crippen LogP contribution in [0.1, 0.15) is 30.5 Å². The SMILES string of the molecule is CC(NC(=O)N1CCC(Cc2ccc(F)cc2)C1)c1cn[nH]c1. The van der Waals surface area contributed by atoms with Gasteiger partial charge in [0.25, 0.3) is 0 Å². The maximum Gasteiger partial charge on any atom is 0.317 e. The molecule has 0 bridgehead atoms. The first-order chi connectivity index (χ1) is 11.1. The smallest absolute Gasteiger partial charge is 0.317 e. The Bertz CT molecular complexity index is 641. The third-order valence-corrected chi connectivity index (χ3v) is 4.37. The summed E-state index contributed by atoms with van der Waals surface area (Å²) in [5, 5.41) is 9.64. The molecule has 1 saturated heterocycles. The Morgan fingerprint density at radius 1 is 1.48 bits per heavy atom. The highest BCUT2D eigenvalue weighted by atomic mass is 19.1. The van der Waals surface area contributed by atoms with E-state index in [-0.39, 0.29) is 17.9 Å². The van der Waals surface area contributed by atoms with Crippen molar-refractivity contribution in [1.29, 1.82) is 0 Å². The Hall–Kier alpha value is -2.37. The fourth-order valence-electron chi connectivity index (χ4n) is 3.00. The van der Waals surface area contributed by atoms with E-state index in [0.29, 0.717) is 5.92 Å². The van der Waals surface area contributed by atoms with Gasteiger partial charge in [-0.15, -0.1) is 0 Å². The van der Waals surface area contributed by atoms with Gasteiger partial charge in [-0.3, -0.25) is 5.10 Å². The average Bonchev–Trinajstić information content (AvgIpc) is 3.21. The molecule has 122 valence electrons. The van der Waals surface area contributed by atoms with E-state index in [1.54, 1.807) is 12.4 Å². The Kier molecular flexibility index (Phi) is 4.60. The van der Waals surface area contributed by atoms with E-state index in [1.165, 1.54) is 12.1 Å². The van der Waals surface area contributed by atoms with Crippen LogP contribution in [0.15, 0.2) is 36.7 Å². The van der Waals surface area contributed by atoms with Crippen molar-refractivity contribution in [2.45, 2.75) is 25.8 Å². The molecule has 0 spiro atoms. The summed E-state index contributed by atoms with van der Waals surface area (Å²) >= 11 is 0. The molecule has 1 aromatic carbocycles. The molecule has 2 atom stereocenters. The summed E-state index contributed by atoms with van der Waals surface area (Å²) in [6.45, 7) is 3.44. The zero-order valence-electron chi connectivity index (χ0n) is 13.1. The number of hydrogen-bond acceptors (Lipinski definition) is 2. The van der Waals surface area contributed by atoms with Gasteiger partial charge in [0.1, 0.15) is 5.82 Å². The molecule has 2 aromatic rings. The van der Waals surface area contributed by atoms with Crippen molar-refractivity contribution in [3.63, 3.8) is 0 Å². The lowest BCUT2D eigenvalue weighted by molar-refractivity contribution is 0.203. The summed E-state index contributed by atoms with van der Waals surface area (Å²) in [7, 11) is 0. The summed E-state index contributed by atoms with van der Waals surface area (Å²) in [5.41, 5.74) is 2.07. The third kappa shape index (κ3) is 3.88. The molecular weight excluding hydrogens is 295 g/mol. The number of aromatic amines is 1. The van der Waals surface area contributed by atoms with Crippen LogP contribution in [-0.2, 0) is 6.42 Å². The van der Waals surface area contributed by atoms with Crippen molar-refractivity contribution in [1.82, 2.24) is 20.4 Å². The van der Waals surface area contributed by atoms with Crippen LogP contribution in [-0.4, -0.2) is 34.2 Å². The standard InChI is InChI=1S/C17H21FN4O/c1-12(15-9-19-20-10-15)21-17(23)22-7-6-14(11-22)8-13-2-4-16(18)5-3-13/h2-5,9-10,12,14H,6-8,11H2,1H3,(H,19,20)(H,21,23). The van der Waals surface area contributed by atoms with E-state index >= 15 is 0 Å². The number of amides is 2. The number of rotatable bonds is 4. The van der Waals surface area contributed by atoms with Gasteiger partial charge in [-0.2, -0.15) is 5.10 Å². The number of nitrogens with one attached hydrogen (secondary N) is 2. The Morgan fingerprint density at radius 3 is 2.96 bits per heavy atom. The van der Waals surface area contributed by atoms with Crippen LogP contribution in [0.2, 0.25) is 0 Å². The molecule has 5 nitrogen and oxygen atoms in total. The fourth-order valence-corrected chi connectivity index (χ4v) is 3.00. The van der Waals surface area contributed by atoms with Gasteiger partial charge in [0.05, 0.1) is 12.2 Å². The zero-order valence-corrected chi connectivity index (χ0v) is 13.1. The average molecular weight is 316 g/mol. The first-order valence-electron chi connectivity index (χ1n) is 7.90. The van der Waals surface area contributed by atoms with Crippen molar-refractivity contribution in [3.05, 3.63) is 53.6 Å². The monoisotopic (exact) mass is 316 g/mol. The first kappa shape index (κ1) is 15.5. The molecule has 2 unspecified atom stereocenters. The van der Waals surface area contributed by atoms with E-state index in [1.807, 2.05) is 24.0 Å². The fraction of sp³-hybridized carbons (Fsp3) is 0.412. The van der Waals surface area contributed by atoms with Crippen molar-refractivity contribution < 1.29 is 9.18 Å². The Labute approximate surface area is 134 Å². The molecule has 1 aliphatic rings. The summed E-state index contributed by atoms with van der Waals surface area (Å²) in [4.78, 5) is 14.2. The molecule has 2 amide bonds. The molecule has 6 heteroatoms. The van der Waals surface area contributed by atoms with Crippen molar-refractivity contribution in [2.75, 3.05) is 13.1 Å². The number of urea groups is 1. The van der Waals surface area contributed by atoms with Gasteiger partial charge in [0.2, 0.25) is 0 Å². The van der Waals surface area contributed by atoms with E-state index in [2.05, 4.69) is 15.5 Å². The number of aromatic nitrogens is 2. The van der Waals surface area contributed by atoms with Gasteiger partial charge in [0.15, 0.2) is 0 Å². The summed E-state index contributed by atoms with van der Waals surface area (Å²) < 4.78 is 12.9. The number of carbonyl (C=O) groups is 1. The molecule has 3 rings (SSSR count). The van der Waals surface area contributed by atoms with Gasteiger partial charge in [0, 0.05) is 24.8 Å². The van der Waals surface area contributed by atoms with Crippen LogP contribution in [0.25, 0.3) is 0 Å². The van der Waals surface area contributed by atoms with Gasteiger partial charge >= 0.3 is 6.03 Å². The van der Waals surface area contributed by atoms with Crippen LogP contribution in [0.5, 0.6) is 0 Å². The van der Waals surface area contributed by atoms with Crippen LogP contribution in [0.4, 0.5) is 9.18 Å². The number of likely N-dealkylation sites (tertiary alicyclic amines) is 1. The summed E-state index contributed by atoms with van der Waals surface area (Å²) in [6.07, 6.45) is 5.35. The second-order valence-electron chi connectivity index (χ2n) is 6.13. The van der Waals surface area contributed by atoms with E-state index in [9.17, 15) is 9.18 Å². The van der Waals surface area contributed by atoms with Gasteiger partial charge in [-0.25, -0.2) is 9.18 Å². The van der Waals surface area contributed by atoms with E-state index in [4.69, 9.17) is 0 Å². The largest absolute Gasteiger partial charge is 0.331 e. The zero-order chi connectivity index (χ0) is 16.2. The number of halogens is 1. The molecule has 2 heterocycles. The second-order valence-corrected chi connectivity index (χ2v) is 6.13. The predicted molar refractivity (Wildman–Crippen MR) is 85.3 cm³/mol. The topological polar surface area (TPSA) is 61.0 Å². The quantitative estimate of drug-likeness (QED) is 0.911. The lowest BCUT2D eigenvalue weighted by Gasteiger charge is -2.20. The number of nitrogens with zero attached hydrogens (tertiary/aromatic N) is 2. The molecular formula is C17H21FN4O. The highest BCUT2D eigenvalue weighted by Crippen LogP contribution is 2.22. The first-order valence-corrected chi connectivity index (χ1v) is 7.90. The van der Waals surface area contributed by atoms with Crippen molar-refractivity contribution in [3.8, 4) is 0 Å². The Morgan fingerprint density at radius 2 is 2.26 bits per heavy atom. The lowest BCUT2D eigenvalue weighted by atomic mass is 9.99. The number of carbonyl (C=O) groups excluding carboxylic acids is 1. The van der Waals surface area contributed by atoms with E-state index < -0.39 is 0 Å². The predicted octanol–water partition coefficient (Wildman–Crippen LogP) is 2.88. The van der Waals surface area contributed by atoms with Crippen LogP contribution >= 0.6 is 0 Å². The second kappa shape index (κ2) is 6.81. The molecule has 23 heavy (non-hydrogen) atoms. The normalized spacial score (nSPS) is 18.9. The number of hydrogen-bond donors (Lipinski definition) is 2. The number of H-pyrrole nitrogens is 1. The highest BCUT2D eigenvalue weighted by Gasteiger charge is 2.27. The lowest BCUT2D eigenvalue weighted by Crippen LogP contribution is -2.39. The minimum Gasteiger partial charge on any atom is -0.331 e. The Balaban J connectivity index is 1.50. The molecule has 0 aliphatic carbocycles. The molecule has 1 aromatic heterocycles. The van der Waals surface area contributed by atoms with Gasteiger partial charge in [-0.1, -0.05) is 12.1 Å². The number of benzene rings is 1. The van der Waals surface area contributed by atoms with Crippen LogP contribution < -0.4 is 5.32 Å². The van der Waals surface area contributed by atoms with Crippen molar-refractivity contribution >= 4 is 6.03 Å². The maximum absolute atomic E-state index is 12.9. The summed E-state index contributed by atoms with van der Waals surface area (Å²) in [6, 6.07) is 6.50. The van der Waals surface area contributed by atoms with Gasteiger partial charge in [-0.05, 0) is 43.4 Å². The molecule has 1 fully saturated rings. The van der Waals surface area contributed by atoms with Crippen molar-refractivity contribution in [2.24, 2.45) is 5.92 Å². The summed E-state index contributed by atoms with van der Waals surface area (Å²) in [5.74, 6) is 0.213. The molecule has 0 radical (unpaired) electrons. The van der Waals surface area contributed by atoms with Crippen LogP contribution in [0, 0.1) is 11.7 Å². The van der Waals surface area contributed by atoms with E-state index in [0.717, 1.165) is 37.1 Å².